The van der Waals surface area contributed by atoms with Crippen LogP contribution in [0.3, 0.4) is 0 Å². The summed E-state index contributed by atoms with van der Waals surface area (Å²) in [5, 5.41) is 15.3. The fourth-order valence-corrected chi connectivity index (χ4v) is 1.76. The first kappa shape index (κ1) is 12.4. The number of carbonyl (C=O) groups excluding carboxylic acids is 1. The third-order valence-corrected chi connectivity index (χ3v) is 2.63. The molecule has 0 aromatic heterocycles. The molecule has 1 fully saturated rings. The number of ether oxygens (including phenoxy) is 1. The number of aliphatic hydroxyl groups is 1. The van der Waals surface area contributed by atoms with E-state index in [9.17, 15) is 9.90 Å². The monoisotopic (exact) mass is 216 g/mol. The van der Waals surface area contributed by atoms with Gasteiger partial charge in [-0.2, -0.15) is 0 Å². The highest BCUT2D eigenvalue weighted by molar-refractivity contribution is 5.77. The molecule has 88 valence electrons. The van der Waals surface area contributed by atoms with Gasteiger partial charge < -0.3 is 20.5 Å². The van der Waals surface area contributed by atoms with Crippen molar-refractivity contribution < 1.29 is 14.6 Å². The zero-order valence-electron chi connectivity index (χ0n) is 9.16. The molecule has 15 heavy (non-hydrogen) atoms. The standard InChI is InChI=1S/C10H20N2O3/c1-15-6-5-11-10(14)7-12-8-3-2-4-9(8)13/h8-9,12-13H,2-7H2,1H3,(H,11,14)/t8-,9-/m0/s1. The van der Waals surface area contributed by atoms with E-state index in [1.165, 1.54) is 0 Å². The molecule has 0 aromatic carbocycles. The normalized spacial score (nSPS) is 25.5. The van der Waals surface area contributed by atoms with E-state index in [2.05, 4.69) is 10.6 Å². The summed E-state index contributed by atoms with van der Waals surface area (Å²) in [6, 6.07) is 0.0816. The van der Waals surface area contributed by atoms with Gasteiger partial charge in [0.2, 0.25) is 5.91 Å². The number of nitrogens with one attached hydrogen (secondary N) is 2. The minimum Gasteiger partial charge on any atom is -0.392 e. The lowest BCUT2D eigenvalue weighted by atomic mass is 10.2. The molecule has 0 radical (unpaired) electrons. The van der Waals surface area contributed by atoms with Gasteiger partial charge in [-0.15, -0.1) is 0 Å². The molecule has 5 nitrogen and oxygen atoms in total. The first-order chi connectivity index (χ1) is 7.24. The molecule has 5 heteroatoms. The Kier molecular flexibility index (Phi) is 5.60. The molecule has 0 saturated heterocycles. The summed E-state index contributed by atoms with van der Waals surface area (Å²) in [5.41, 5.74) is 0. The summed E-state index contributed by atoms with van der Waals surface area (Å²) in [7, 11) is 1.60. The van der Waals surface area contributed by atoms with E-state index in [0.717, 1.165) is 19.3 Å². The highest BCUT2D eigenvalue weighted by atomic mass is 16.5. The van der Waals surface area contributed by atoms with Gasteiger partial charge in [0.05, 0.1) is 19.3 Å². The van der Waals surface area contributed by atoms with Crippen molar-refractivity contribution in [1.29, 1.82) is 0 Å². The smallest absolute Gasteiger partial charge is 0.234 e. The van der Waals surface area contributed by atoms with Crippen LogP contribution in [-0.2, 0) is 9.53 Å². The number of hydrogen-bond donors (Lipinski definition) is 3. The molecule has 3 N–H and O–H groups in total. The van der Waals surface area contributed by atoms with Crippen molar-refractivity contribution in [3.8, 4) is 0 Å². The Morgan fingerprint density at radius 1 is 1.53 bits per heavy atom. The van der Waals surface area contributed by atoms with Crippen molar-refractivity contribution in [1.82, 2.24) is 10.6 Å². The van der Waals surface area contributed by atoms with Crippen molar-refractivity contribution in [2.24, 2.45) is 0 Å². The zero-order valence-corrected chi connectivity index (χ0v) is 9.16. The summed E-state index contributed by atoms with van der Waals surface area (Å²) >= 11 is 0. The van der Waals surface area contributed by atoms with Gasteiger partial charge in [-0.25, -0.2) is 0 Å². The van der Waals surface area contributed by atoms with Crippen LogP contribution in [-0.4, -0.2) is 50.0 Å². The molecule has 0 unspecified atom stereocenters. The predicted molar refractivity (Wildman–Crippen MR) is 56.5 cm³/mol. The highest BCUT2D eigenvalue weighted by Gasteiger charge is 2.24. The zero-order chi connectivity index (χ0) is 11.1. The number of hydrogen-bond acceptors (Lipinski definition) is 4. The number of amides is 1. The fourth-order valence-electron chi connectivity index (χ4n) is 1.76. The van der Waals surface area contributed by atoms with Gasteiger partial charge in [0.15, 0.2) is 0 Å². The van der Waals surface area contributed by atoms with E-state index >= 15 is 0 Å². The number of carbonyl (C=O) groups is 1. The Hall–Kier alpha value is -0.650. The largest absolute Gasteiger partial charge is 0.392 e. The summed E-state index contributed by atoms with van der Waals surface area (Å²) in [6.45, 7) is 1.33. The van der Waals surface area contributed by atoms with Crippen LogP contribution in [0, 0.1) is 0 Å². The summed E-state index contributed by atoms with van der Waals surface area (Å²) in [4.78, 5) is 11.3. The van der Waals surface area contributed by atoms with Crippen LogP contribution in [0.15, 0.2) is 0 Å². The number of methoxy groups -OCH3 is 1. The second-order valence-corrected chi connectivity index (χ2v) is 3.83. The Morgan fingerprint density at radius 3 is 2.93 bits per heavy atom. The van der Waals surface area contributed by atoms with Crippen LogP contribution in [0.25, 0.3) is 0 Å². The molecule has 1 saturated carbocycles. The first-order valence-electron chi connectivity index (χ1n) is 5.41. The van der Waals surface area contributed by atoms with Crippen molar-refractivity contribution in [2.45, 2.75) is 31.4 Å². The highest BCUT2D eigenvalue weighted by Crippen LogP contribution is 2.18. The lowest BCUT2D eigenvalue weighted by molar-refractivity contribution is -0.120. The SMILES string of the molecule is COCCNC(=O)CN[C@H]1CCC[C@@H]1O. The summed E-state index contributed by atoms with van der Waals surface area (Å²) in [6.07, 6.45) is 2.52. The van der Waals surface area contributed by atoms with Gasteiger partial charge in [0, 0.05) is 19.7 Å². The van der Waals surface area contributed by atoms with E-state index < -0.39 is 0 Å². The van der Waals surface area contributed by atoms with Crippen LogP contribution >= 0.6 is 0 Å². The minimum absolute atomic E-state index is 0.0499. The second-order valence-electron chi connectivity index (χ2n) is 3.83. The lowest BCUT2D eigenvalue weighted by Gasteiger charge is -2.15. The Labute approximate surface area is 90.2 Å². The quantitative estimate of drug-likeness (QED) is 0.511. The molecule has 0 spiro atoms. The molecule has 1 amide bonds. The maximum atomic E-state index is 11.3. The van der Waals surface area contributed by atoms with Gasteiger partial charge in [-0.05, 0) is 19.3 Å². The molecule has 1 aliphatic rings. The van der Waals surface area contributed by atoms with Crippen LogP contribution in [0.4, 0.5) is 0 Å². The Balaban J connectivity index is 2.05. The number of aliphatic hydroxyl groups excluding tert-OH is 1. The average Bonchev–Trinajstić information content (AvgIpc) is 2.61. The molecule has 0 aromatic rings. The van der Waals surface area contributed by atoms with Crippen LogP contribution in [0.5, 0.6) is 0 Å². The first-order valence-corrected chi connectivity index (χ1v) is 5.41. The number of rotatable bonds is 6. The molecule has 0 heterocycles. The molecule has 2 atom stereocenters. The van der Waals surface area contributed by atoms with E-state index in [1.807, 2.05) is 0 Å². The van der Waals surface area contributed by atoms with E-state index in [-0.39, 0.29) is 24.6 Å². The predicted octanol–water partition coefficient (Wildman–Crippen LogP) is -0.748. The average molecular weight is 216 g/mol. The van der Waals surface area contributed by atoms with E-state index in [4.69, 9.17) is 4.74 Å². The Bertz CT molecular complexity index is 199. The summed E-state index contributed by atoms with van der Waals surface area (Å²) in [5.74, 6) is -0.0499. The molecule has 1 aliphatic carbocycles. The third kappa shape index (κ3) is 4.59. The van der Waals surface area contributed by atoms with Gasteiger partial charge in [-0.1, -0.05) is 0 Å². The lowest BCUT2D eigenvalue weighted by Crippen LogP contribution is -2.43. The minimum atomic E-state index is -0.295. The van der Waals surface area contributed by atoms with Gasteiger partial charge in [-0.3, -0.25) is 4.79 Å². The molecular weight excluding hydrogens is 196 g/mol. The molecular formula is C10H20N2O3. The molecule has 0 bridgehead atoms. The molecule has 1 rings (SSSR count). The van der Waals surface area contributed by atoms with Crippen molar-refractivity contribution in [3.05, 3.63) is 0 Å². The third-order valence-electron chi connectivity index (χ3n) is 2.63. The van der Waals surface area contributed by atoms with Crippen LogP contribution in [0.1, 0.15) is 19.3 Å². The topological polar surface area (TPSA) is 70.6 Å². The van der Waals surface area contributed by atoms with Gasteiger partial charge in [0.25, 0.3) is 0 Å². The summed E-state index contributed by atoms with van der Waals surface area (Å²) < 4.78 is 4.81. The van der Waals surface area contributed by atoms with Crippen LogP contribution < -0.4 is 10.6 Å². The molecule has 0 aliphatic heterocycles. The maximum absolute atomic E-state index is 11.3. The van der Waals surface area contributed by atoms with Crippen molar-refractivity contribution in [3.63, 3.8) is 0 Å². The fraction of sp³-hybridized carbons (Fsp3) is 0.900. The Morgan fingerprint density at radius 2 is 2.33 bits per heavy atom. The van der Waals surface area contributed by atoms with Gasteiger partial charge >= 0.3 is 0 Å². The maximum Gasteiger partial charge on any atom is 0.234 e. The second kappa shape index (κ2) is 6.76. The van der Waals surface area contributed by atoms with E-state index in [1.54, 1.807) is 7.11 Å². The van der Waals surface area contributed by atoms with Crippen molar-refractivity contribution in [2.75, 3.05) is 26.8 Å². The van der Waals surface area contributed by atoms with Crippen LogP contribution in [0.2, 0.25) is 0 Å². The van der Waals surface area contributed by atoms with E-state index in [0.29, 0.717) is 13.2 Å². The van der Waals surface area contributed by atoms with Gasteiger partial charge in [0.1, 0.15) is 0 Å². The van der Waals surface area contributed by atoms with Crippen molar-refractivity contribution >= 4 is 5.91 Å².